The van der Waals surface area contributed by atoms with Crippen molar-refractivity contribution in [3.05, 3.63) is 22.1 Å². The van der Waals surface area contributed by atoms with Gasteiger partial charge in [-0.2, -0.15) is 0 Å². The maximum absolute atomic E-state index is 12.0. The lowest BCUT2D eigenvalue weighted by Gasteiger charge is -2.13. The second-order valence-corrected chi connectivity index (χ2v) is 6.10. The molecule has 0 spiro atoms. The highest BCUT2D eigenvalue weighted by molar-refractivity contribution is 7.99. The number of unbranched alkanes of at least 4 members (excludes halogenated alkanes) is 2. The second kappa shape index (κ2) is 6.92. The Morgan fingerprint density at radius 2 is 2.35 bits per heavy atom. The maximum Gasteiger partial charge on any atom is 0.254 e. The Labute approximate surface area is 123 Å². The van der Waals surface area contributed by atoms with Crippen molar-refractivity contribution in [3.8, 4) is 0 Å². The Kier molecular flexibility index (Phi) is 5.23. The summed E-state index contributed by atoms with van der Waals surface area (Å²) in [6.07, 6.45) is 3.64. The van der Waals surface area contributed by atoms with Crippen LogP contribution in [0.25, 0.3) is 0 Å². The highest BCUT2D eigenvalue weighted by Gasteiger charge is 2.27. The van der Waals surface area contributed by atoms with E-state index in [4.69, 9.17) is 0 Å². The van der Waals surface area contributed by atoms with E-state index in [2.05, 4.69) is 17.2 Å². The zero-order valence-electron chi connectivity index (χ0n) is 12.0. The summed E-state index contributed by atoms with van der Waals surface area (Å²) < 4.78 is 1.66. The summed E-state index contributed by atoms with van der Waals surface area (Å²) in [6, 6.07) is 1.46. The minimum atomic E-state index is -0.0678. The van der Waals surface area contributed by atoms with Crippen molar-refractivity contribution in [1.82, 2.24) is 14.9 Å². The molecule has 5 nitrogen and oxygen atoms in total. The van der Waals surface area contributed by atoms with Gasteiger partial charge in [0.1, 0.15) is 0 Å². The van der Waals surface area contributed by atoms with Crippen LogP contribution in [0.2, 0.25) is 0 Å². The smallest absolute Gasteiger partial charge is 0.254 e. The molecule has 1 N–H and O–H groups in total. The van der Waals surface area contributed by atoms with Crippen LogP contribution in [0.15, 0.2) is 16.0 Å². The fourth-order valence-electron chi connectivity index (χ4n) is 2.30. The van der Waals surface area contributed by atoms with Gasteiger partial charge in [0.05, 0.1) is 6.04 Å². The minimum Gasteiger partial charge on any atom is -0.356 e. The quantitative estimate of drug-likeness (QED) is 0.643. The molecule has 1 atom stereocenters. The first-order valence-electron chi connectivity index (χ1n) is 7.11. The number of carbonyl (C=O) groups excluding carboxylic acids is 1. The van der Waals surface area contributed by atoms with Crippen molar-refractivity contribution < 1.29 is 4.79 Å². The van der Waals surface area contributed by atoms with E-state index >= 15 is 0 Å². The third kappa shape index (κ3) is 3.62. The first-order valence-corrected chi connectivity index (χ1v) is 8.10. The molecule has 1 aliphatic rings. The zero-order valence-corrected chi connectivity index (χ0v) is 12.8. The van der Waals surface area contributed by atoms with Gasteiger partial charge in [-0.25, -0.2) is 4.98 Å². The molecule has 2 rings (SSSR count). The molecule has 0 fully saturated rings. The molecule has 110 valence electrons. The normalized spacial score (nSPS) is 17.0. The summed E-state index contributed by atoms with van der Waals surface area (Å²) in [7, 11) is 0. The number of rotatable bonds is 6. The van der Waals surface area contributed by atoms with Crippen LogP contribution in [-0.2, 0) is 4.79 Å². The van der Waals surface area contributed by atoms with E-state index in [1.807, 2.05) is 6.92 Å². The molecule has 20 heavy (non-hydrogen) atoms. The molecule has 6 heteroatoms. The summed E-state index contributed by atoms with van der Waals surface area (Å²) in [5.74, 6) is 0.765. The van der Waals surface area contributed by atoms with E-state index in [1.54, 1.807) is 16.3 Å². The van der Waals surface area contributed by atoms with Crippen LogP contribution < -0.4 is 10.9 Å². The lowest BCUT2D eigenvalue weighted by atomic mass is 10.2. The van der Waals surface area contributed by atoms with Crippen molar-refractivity contribution >= 4 is 17.7 Å². The lowest BCUT2D eigenvalue weighted by molar-refractivity contribution is -0.121. The predicted molar refractivity (Wildman–Crippen MR) is 80.1 cm³/mol. The number of thioether (sulfide) groups is 1. The third-order valence-corrected chi connectivity index (χ3v) is 4.44. The number of nitrogens with zero attached hydrogens (tertiary/aromatic N) is 2. The molecular weight excluding hydrogens is 274 g/mol. The summed E-state index contributed by atoms with van der Waals surface area (Å²) in [4.78, 5) is 28.2. The molecule has 1 aliphatic heterocycles. The SMILES string of the molecule is CCCCCNC(=O)CC1CSc2nc(C)cc(=O)n21. The fraction of sp³-hybridized carbons (Fsp3) is 0.643. The van der Waals surface area contributed by atoms with Crippen molar-refractivity contribution in [2.45, 2.75) is 50.7 Å². The van der Waals surface area contributed by atoms with Gasteiger partial charge in [-0.05, 0) is 13.3 Å². The van der Waals surface area contributed by atoms with E-state index in [-0.39, 0.29) is 17.5 Å². The lowest BCUT2D eigenvalue weighted by Crippen LogP contribution is -2.31. The molecule has 2 heterocycles. The van der Waals surface area contributed by atoms with Gasteiger partial charge >= 0.3 is 0 Å². The summed E-state index contributed by atoms with van der Waals surface area (Å²) in [6.45, 7) is 4.67. The van der Waals surface area contributed by atoms with Crippen LogP contribution in [0.3, 0.4) is 0 Å². The summed E-state index contributed by atoms with van der Waals surface area (Å²) >= 11 is 1.55. The van der Waals surface area contributed by atoms with Gasteiger partial charge in [-0.3, -0.25) is 14.2 Å². The molecule has 0 saturated heterocycles. The first-order chi connectivity index (χ1) is 9.61. The molecule has 0 radical (unpaired) electrons. The zero-order chi connectivity index (χ0) is 14.5. The van der Waals surface area contributed by atoms with Gasteiger partial charge in [-0.15, -0.1) is 0 Å². The number of fused-ring (bicyclic) bond motifs is 1. The molecule has 0 saturated carbocycles. The van der Waals surface area contributed by atoms with Gasteiger partial charge in [0.2, 0.25) is 5.91 Å². The van der Waals surface area contributed by atoms with E-state index in [0.717, 1.165) is 42.4 Å². The Balaban J connectivity index is 1.94. The highest BCUT2D eigenvalue weighted by atomic mass is 32.2. The number of aryl methyl sites for hydroxylation is 1. The third-order valence-electron chi connectivity index (χ3n) is 3.34. The first kappa shape index (κ1) is 15.1. The van der Waals surface area contributed by atoms with Gasteiger partial charge in [0, 0.05) is 30.5 Å². The van der Waals surface area contributed by atoms with E-state index < -0.39 is 0 Å². The largest absolute Gasteiger partial charge is 0.356 e. The Hall–Kier alpha value is -1.30. The van der Waals surface area contributed by atoms with E-state index in [1.165, 1.54) is 6.07 Å². The number of hydrogen-bond donors (Lipinski definition) is 1. The van der Waals surface area contributed by atoms with Gasteiger partial charge in [-0.1, -0.05) is 31.5 Å². The molecule has 1 aromatic rings. The number of nitrogens with one attached hydrogen (secondary N) is 1. The highest BCUT2D eigenvalue weighted by Crippen LogP contribution is 2.31. The maximum atomic E-state index is 12.0. The minimum absolute atomic E-state index is 0.0204. The topological polar surface area (TPSA) is 64.0 Å². The van der Waals surface area contributed by atoms with Gasteiger partial charge in [0.15, 0.2) is 5.16 Å². The number of hydrogen-bond acceptors (Lipinski definition) is 4. The summed E-state index contributed by atoms with van der Waals surface area (Å²) in [5.41, 5.74) is 0.680. The average molecular weight is 295 g/mol. The van der Waals surface area contributed by atoms with E-state index in [9.17, 15) is 9.59 Å². The number of carbonyl (C=O) groups is 1. The molecule has 0 bridgehead atoms. The fourth-order valence-corrected chi connectivity index (χ4v) is 3.50. The monoisotopic (exact) mass is 295 g/mol. The predicted octanol–water partition coefficient (Wildman–Crippen LogP) is 1.90. The standard InChI is InChI=1S/C14H21N3O2S/c1-3-4-5-6-15-12(18)8-11-9-20-14-16-10(2)7-13(19)17(11)14/h7,11H,3-6,8-9H2,1-2H3,(H,15,18). The molecule has 1 amide bonds. The van der Waals surface area contributed by atoms with Crippen LogP contribution >= 0.6 is 11.8 Å². The molecule has 1 aromatic heterocycles. The Morgan fingerprint density at radius 3 is 3.10 bits per heavy atom. The van der Waals surface area contributed by atoms with Crippen LogP contribution in [0, 0.1) is 6.92 Å². The van der Waals surface area contributed by atoms with Crippen molar-refractivity contribution in [1.29, 1.82) is 0 Å². The van der Waals surface area contributed by atoms with Crippen molar-refractivity contribution in [2.75, 3.05) is 12.3 Å². The van der Waals surface area contributed by atoms with Crippen LogP contribution in [0.1, 0.15) is 44.3 Å². The van der Waals surface area contributed by atoms with Crippen LogP contribution in [-0.4, -0.2) is 27.8 Å². The van der Waals surface area contributed by atoms with Crippen molar-refractivity contribution in [2.24, 2.45) is 0 Å². The van der Waals surface area contributed by atoms with Crippen LogP contribution in [0.5, 0.6) is 0 Å². The molecule has 0 aromatic carbocycles. The van der Waals surface area contributed by atoms with Crippen LogP contribution in [0.4, 0.5) is 0 Å². The molecular formula is C14H21N3O2S. The van der Waals surface area contributed by atoms with Crippen molar-refractivity contribution in [3.63, 3.8) is 0 Å². The number of aromatic nitrogens is 2. The number of amides is 1. The Morgan fingerprint density at radius 1 is 1.55 bits per heavy atom. The molecule has 1 unspecified atom stereocenters. The van der Waals surface area contributed by atoms with E-state index in [0.29, 0.717) is 6.42 Å². The van der Waals surface area contributed by atoms with Gasteiger partial charge < -0.3 is 5.32 Å². The van der Waals surface area contributed by atoms with Gasteiger partial charge in [0.25, 0.3) is 5.56 Å². The Bertz CT molecular complexity index is 542. The average Bonchev–Trinajstić information content (AvgIpc) is 2.77. The summed E-state index contributed by atoms with van der Waals surface area (Å²) in [5, 5.41) is 3.66. The molecule has 0 aliphatic carbocycles. The second-order valence-electron chi connectivity index (χ2n) is 5.11.